The van der Waals surface area contributed by atoms with Crippen LogP contribution in [0.15, 0.2) is 61.1 Å². The van der Waals surface area contributed by atoms with Gasteiger partial charge in [0, 0.05) is 47.7 Å². The molecule has 5 rings (SSSR count). The molecule has 10 heteroatoms. The van der Waals surface area contributed by atoms with Crippen LogP contribution < -0.4 is 10.6 Å². The van der Waals surface area contributed by atoms with Gasteiger partial charge in [-0.15, -0.1) is 0 Å². The molecule has 0 aliphatic carbocycles. The van der Waals surface area contributed by atoms with Gasteiger partial charge in [0.2, 0.25) is 11.8 Å². The molecule has 0 bridgehead atoms. The van der Waals surface area contributed by atoms with Crippen molar-refractivity contribution in [2.45, 2.75) is 19.0 Å². The van der Waals surface area contributed by atoms with E-state index in [1.54, 1.807) is 18.6 Å². The summed E-state index contributed by atoms with van der Waals surface area (Å²) >= 11 is 0. The molecule has 174 valence electrons. The van der Waals surface area contributed by atoms with Gasteiger partial charge in [-0.1, -0.05) is 6.07 Å². The van der Waals surface area contributed by atoms with Gasteiger partial charge in [-0.05, 0) is 48.4 Å². The van der Waals surface area contributed by atoms with E-state index in [2.05, 4.69) is 20.7 Å². The van der Waals surface area contributed by atoms with Crippen LogP contribution >= 0.6 is 0 Å². The van der Waals surface area contributed by atoms with Crippen LogP contribution in [0.2, 0.25) is 0 Å². The summed E-state index contributed by atoms with van der Waals surface area (Å²) in [5.74, 6) is -0.696. The van der Waals surface area contributed by atoms with Gasteiger partial charge in [-0.3, -0.25) is 9.59 Å². The van der Waals surface area contributed by atoms with E-state index in [0.717, 1.165) is 34.2 Å². The topological polar surface area (TPSA) is 91.8 Å². The van der Waals surface area contributed by atoms with E-state index < -0.39 is 11.7 Å². The third-order valence-corrected chi connectivity index (χ3v) is 5.93. The number of carbonyl (C=O) groups excluding carboxylic acids is 2. The second-order valence-electron chi connectivity index (χ2n) is 8.21. The summed E-state index contributed by atoms with van der Waals surface area (Å²) < 4.78 is 40.0. The first-order chi connectivity index (χ1) is 16.3. The molecule has 2 amide bonds. The molecule has 3 N–H and O–H groups in total. The Bertz CT molecular complexity index is 1370. The first-order valence-corrected chi connectivity index (χ1v) is 10.7. The van der Waals surface area contributed by atoms with Crippen LogP contribution in [0.25, 0.3) is 27.7 Å². The largest absolute Gasteiger partial charge is 0.416 e. The number of amides is 2. The zero-order chi connectivity index (χ0) is 23.9. The predicted octanol–water partition coefficient (Wildman–Crippen LogP) is 4.50. The van der Waals surface area contributed by atoms with E-state index in [-0.39, 0.29) is 24.2 Å². The Kier molecular flexibility index (Phi) is 5.35. The molecule has 34 heavy (non-hydrogen) atoms. The summed E-state index contributed by atoms with van der Waals surface area (Å²) in [7, 11) is 0. The average Bonchev–Trinajstić information content (AvgIpc) is 3.46. The van der Waals surface area contributed by atoms with Crippen LogP contribution in [0.4, 0.5) is 18.9 Å². The number of carbonyl (C=O) groups is 2. The van der Waals surface area contributed by atoms with Gasteiger partial charge >= 0.3 is 6.18 Å². The number of nitrogens with zero attached hydrogens (tertiary/aromatic N) is 2. The van der Waals surface area contributed by atoms with Gasteiger partial charge < -0.3 is 15.6 Å². The molecule has 0 saturated carbocycles. The zero-order valence-corrected chi connectivity index (χ0v) is 17.8. The molecule has 1 unspecified atom stereocenters. The maximum atomic E-state index is 12.8. The van der Waals surface area contributed by atoms with E-state index in [9.17, 15) is 22.8 Å². The number of alkyl halides is 3. The fourth-order valence-corrected chi connectivity index (χ4v) is 4.06. The number of aromatic nitrogens is 3. The number of aromatic amines is 1. The van der Waals surface area contributed by atoms with Gasteiger partial charge in [0.1, 0.15) is 0 Å². The lowest BCUT2D eigenvalue weighted by atomic mass is 9.96. The Morgan fingerprint density at radius 1 is 1.12 bits per heavy atom. The molecule has 2 aromatic heterocycles. The molecular weight excluding hydrogens is 447 g/mol. The number of hydrogen-bond acceptors (Lipinski definition) is 3. The second kappa shape index (κ2) is 8.36. The van der Waals surface area contributed by atoms with Crippen molar-refractivity contribution in [3.8, 4) is 16.8 Å². The number of anilines is 1. The predicted molar refractivity (Wildman–Crippen MR) is 120 cm³/mol. The Morgan fingerprint density at radius 3 is 2.65 bits per heavy atom. The normalized spacial score (nSPS) is 16.4. The number of halogens is 3. The quantitative estimate of drug-likeness (QED) is 0.413. The van der Waals surface area contributed by atoms with Crippen LogP contribution in [-0.2, 0) is 15.8 Å². The van der Waals surface area contributed by atoms with Crippen molar-refractivity contribution in [3.05, 3.63) is 66.6 Å². The highest BCUT2D eigenvalue weighted by atomic mass is 19.4. The highest BCUT2D eigenvalue weighted by molar-refractivity contribution is 6.04. The maximum absolute atomic E-state index is 12.8. The molecular formula is C24H20F3N5O2. The molecule has 1 aliphatic heterocycles. The first kappa shape index (κ1) is 21.7. The lowest BCUT2D eigenvalue weighted by molar-refractivity contribution is -0.137. The van der Waals surface area contributed by atoms with Crippen LogP contribution in [0.3, 0.4) is 0 Å². The highest BCUT2D eigenvalue weighted by Crippen LogP contribution is 2.31. The van der Waals surface area contributed by atoms with Crippen LogP contribution in [0.1, 0.15) is 18.4 Å². The summed E-state index contributed by atoms with van der Waals surface area (Å²) in [5, 5.41) is 10.7. The number of rotatable bonds is 4. The van der Waals surface area contributed by atoms with Crippen molar-refractivity contribution in [2.75, 3.05) is 11.9 Å². The fourth-order valence-electron chi connectivity index (χ4n) is 4.06. The Hall–Kier alpha value is -4.08. The summed E-state index contributed by atoms with van der Waals surface area (Å²) in [6.45, 7) is 0.484. The number of H-pyrrole nitrogens is 1. The van der Waals surface area contributed by atoms with Crippen LogP contribution in [-0.4, -0.2) is 33.1 Å². The Labute approximate surface area is 192 Å². The second-order valence-corrected chi connectivity index (χ2v) is 8.21. The number of benzene rings is 2. The smallest absolute Gasteiger partial charge is 0.359 e. The van der Waals surface area contributed by atoms with Crippen LogP contribution in [0.5, 0.6) is 0 Å². The third kappa shape index (κ3) is 4.26. The standard InChI is InChI=1S/C24H20F3N5O2/c25-24(26,27)17-2-4-18(5-3-17)32-13-16(11-30-32)14-1-6-20-19(9-14)21(12-29-20)31-23(34)15-7-8-28-22(33)10-15/h1-6,9,11-13,15,29H,7-8,10H2,(H,28,33)(H,31,34). The SMILES string of the molecule is O=C1CC(C(=O)Nc2c[nH]c3ccc(-c4cnn(-c5ccc(C(F)(F)F)cc5)c4)cc23)CCN1. The third-order valence-electron chi connectivity index (χ3n) is 5.93. The van der Waals surface area contributed by atoms with Gasteiger partial charge in [0.05, 0.1) is 23.1 Å². The number of hydrogen-bond donors (Lipinski definition) is 3. The molecule has 2 aromatic carbocycles. The minimum absolute atomic E-state index is 0.127. The van der Waals surface area contributed by atoms with E-state index in [1.807, 2.05) is 18.2 Å². The van der Waals surface area contributed by atoms with Gasteiger partial charge in [-0.25, -0.2) is 4.68 Å². The molecule has 4 aromatic rings. The summed E-state index contributed by atoms with van der Waals surface area (Å²) in [5.41, 5.74) is 2.83. The molecule has 0 radical (unpaired) electrons. The number of piperidine rings is 1. The molecule has 3 heterocycles. The molecule has 1 fully saturated rings. The van der Waals surface area contributed by atoms with Crippen molar-refractivity contribution >= 4 is 28.4 Å². The Balaban J connectivity index is 1.38. The van der Waals surface area contributed by atoms with Gasteiger partial charge in [0.25, 0.3) is 0 Å². The summed E-state index contributed by atoms with van der Waals surface area (Å²) in [6.07, 6.45) is 1.44. The monoisotopic (exact) mass is 467 g/mol. The first-order valence-electron chi connectivity index (χ1n) is 10.7. The zero-order valence-electron chi connectivity index (χ0n) is 17.8. The Morgan fingerprint density at radius 2 is 1.91 bits per heavy atom. The van der Waals surface area contributed by atoms with E-state index in [0.29, 0.717) is 24.3 Å². The summed E-state index contributed by atoms with van der Waals surface area (Å²) in [4.78, 5) is 27.4. The van der Waals surface area contributed by atoms with Gasteiger partial charge in [0.15, 0.2) is 0 Å². The van der Waals surface area contributed by atoms with Gasteiger partial charge in [-0.2, -0.15) is 18.3 Å². The maximum Gasteiger partial charge on any atom is 0.416 e. The molecule has 0 spiro atoms. The van der Waals surface area contributed by atoms with E-state index in [1.165, 1.54) is 16.8 Å². The van der Waals surface area contributed by atoms with Crippen molar-refractivity contribution in [3.63, 3.8) is 0 Å². The summed E-state index contributed by atoms with van der Waals surface area (Å²) in [6, 6.07) is 10.5. The molecule has 1 saturated heterocycles. The van der Waals surface area contributed by atoms with Crippen molar-refractivity contribution in [1.82, 2.24) is 20.1 Å². The minimum Gasteiger partial charge on any atom is -0.359 e. The lowest BCUT2D eigenvalue weighted by Crippen LogP contribution is -2.38. The molecule has 7 nitrogen and oxygen atoms in total. The van der Waals surface area contributed by atoms with E-state index >= 15 is 0 Å². The van der Waals surface area contributed by atoms with Crippen molar-refractivity contribution in [1.29, 1.82) is 0 Å². The van der Waals surface area contributed by atoms with Crippen molar-refractivity contribution < 1.29 is 22.8 Å². The highest BCUT2D eigenvalue weighted by Gasteiger charge is 2.30. The number of nitrogens with one attached hydrogen (secondary N) is 3. The lowest BCUT2D eigenvalue weighted by Gasteiger charge is -2.21. The molecule has 1 aliphatic rings. The fraction of sp³-hybridized carbons (Fsp3) is 0.208. The minimum atomic E-state index is -4.39. The van der Waals surface area contributed by atoms with E-state index in [4.69, 9.17) is 0 Å². The van der Waals surface area contributed by atoms with Crippen LogP contribution in [0, 0.1) is 5.92 Å². The van der Waals surface area contributed by atoms with Crippen molar-refractivity contribution in [2.24, 2.45) is 5.92 Å². The average molecular weight is 467 g/mol. The molecule has 1 atom stereocenters. The number of fused-ring (bicyclic) bond motifs is 1.